The molecule has 0 heterocycles. The van der Waals surface area contributed by atoms with Gasteiger partial charge in [-0.15, -0.1) is 0 Å². The van der Waals surface area contributed by atoms with Crippen molar-refractivity contribution in [2.45, 2.75) is 0 Å². The summed E-state index contributed by atoms with van der Waals surface area (Å²) in [6, 6.07) is 2.61. The van der Waals surface area contributed by atoms with Gasteiger partial charge in [-0.05, 0) is 6.07 Å². The van der Waals surface area contributed by atoms with E-state index < -0.39 is 27.0 Å². The van der Waals surface area contributed by atoms with Crippen LogP contribution in [-0.4, -0.2) is 15.0 Å². The van der Waals surface area contributed by atoms with Gasteiger partial charge >= 0.3 is 5.69 Å². The number of nitro groups is 2. The largest absolute Gasteiger partial charge is 0.502 e. The second-order valence-corrected chi connectivity index (χ2v) is 2.19. The molecule has 0 aliphatic heterocycles. The number of rotatable bonds is 2. The molecule has 0 saturated heterocycles. The molecule has 0 amide bonds. The maximum atomic E-state index is 10.2. The molecular formula is C6H5N3O6. The average Bonchev–Trinajstić information content (AvgIpc) is 2.20. The Hall–Kier alpha value is -2.58. The highest BCUT2D eigenvalue weighted by Gasteiger charge is 2.18. The summed E-state index contributed by atoms with van der Waals surface area (Å²) in [5.74, 6) is -0.587. The van der Waals surface area contributed by atoms with Crippen molar-refractivity contribution in [3.8, 4) is 5.75 Å². The molecule has 0 aliphatic rings. The summed E-state index contributed by atoms with van der Waals surface area (Å²) in [6.07, 6.45) is 0. The van der Waals surface area contributed by atoms with Gasteiger partial charge in [-0.1, -0.05) is 5.59 Å². The van der Waals surface area contributed by atoms with E-state index in [1.165, 1.54) is 0 Å². The van der Waals surface area contributed by atoms with Gasteiger partial charge in [0.05, 0.1) is 15.9 Å². The predicted octanol–water partition coefficient (Wildman–Crippen LogP) is 1.54. The number of nitrogens with one attached hydrogen (secondary N) is 1. The third-order valence-electron chi connectivity index (χ3n) is 1.37. The highest BCUT2D eigenvalue weighted by molar-refractivity contribution is 5.52. The van der Waals surface area contributed by atoms with Gasteiger partial charge in [0.1, 0.15) is 0 Å². The smallest absolute Gasteiger partial charge is 0.317 e. The lowest BCUT2D eigenvalue weighted by atomic mass is 10.2. The number of non-ortho nitro benzene ring substituents is 1. The number of hydrogen-bond acceptors (Lipinski definition) is 7. The van der Waals surface area contributed by atoms with Crippen LogP contribution in [0, 0.1) is 30.7 Å². The maximum absolute atomic E-state index is 10.2. The van der Waals surface area contributed by atoms with Crippen LogP contribution in [-0.2, 0) is 0 Å². The molecule has 80 valence electrons. The Morgan fingerprint density at radius 1 is 1.13 bits per heavy atom. The van der Waals surface area contributed by atoms with Crippen molar-refractivity contribution < 1.29 is 15.0 Å². The number of nitroso groups, excluding NO2 is 1. The topological polar surface area (TPSA) is 147 Å². The minimum Gasteiger partial charge on any atom is -0.502 e. The Morgan fingerprint density at radius 3 is 2.07 bits per heavy atom. The van der Waals surface area contributed by atoms with E-state index in [0.29, 0.717) is 6.07 Å². The zero-order valence-electron chi connectivity index (χ0n) is 7.11. The van der Waals surface area contributed by atoms with Crippen LogP contribution in [0.2, 0.25) is 0 Å². The van der Waals surface area contributed by atoms with Gasteiger partial charge in [0.15, 0.2) is 5.75 Å². The van der Waals surface area contributed by atoms with E-state index in [9.17, 15) is 20.2 Å². The normalized spacial score (nSPS) is 8.53. The number of phenols is 1. The number of benzene rings is 1. The highest BCUT2D eigenvalue weighted by atomic mass is 16.6. The standard InChI is InChI=1S/C6H4N2O5.HNO/c9-6-2-1-4(7(10)11)3-5(6)8(12)13;1-2/h1-3,9H;1H. The molecule has 0 saturated carbocycles. The Bertz CT molecular complexity index is 392. The molecule has 0 aromatic heterocycles. The first-order valence-electron chi connectivity index (χ1n) is 3.34. The molecule has 15 heavy (non-hydrogen) atoms. The van der Waals surface area contributed by atoms with Gasteiger partial charge in [-0.25, -0.2) is 0 Å². The second-order valence-electron chi connectivity index (χ2n) is 2.19. The first-order valence-corrected chi connectivity index (χ1v) is 3.34. The molecule has 1 aromatic carbocycles. The fraction of sp³-hybridized carbons (Fsp3) is 0. The second kappa shape index (κ2) is 5.21. The molecule has 0 bridgehead atoms. The SMILES string of the molecule is N=O.O=[N+]([O-])c1ccc(O)c([N+](=O)[O-])c1. The van der Waals surface area contributed by atoms with Gasteiger partial charge in [0, 0.05) is 6.07 Å². The fourth-order valence-corrected chi connectivity index (χ4v) is 0.772. The van der Waals surface area contributed by atoms with Crippen molar-refractivity contribution in [2.75, 3.05) is 0 Å². The minimum atomic E-state index is -0.887. The molecule has 0 atom stereocenters. The molecule has 0 spiro atoms. The van der Waals surface area contributed by atoms with Crippen molar-refractivity contribution in [3.63, 3.8) is 0 Å². The molecular weight excluding hydrogens is 210 g/mol. The fourth-order valence-electron chi connectivity index (χ4n) is 0.772. The maximum Gasteiger partial charge on any atom is 0.317 e. The van der Waals surface area contributed by atoms with Gasteiger partial charge in [-0.3, -0.25) is 20.2 Å². The first kappa shape index (κ1) is 12.4. The van der Waals surface area contributed by atoms with Crippen LogP contribution >= 0.6 is 0 Å². The van der Waals surface area contributed by atoms with E-state index in [1.54, 1.807) is 0 Å². The summed E-state index contributed by atoms with van der Waals surface area (Å²) in [7, 11) is 0. The number of nitrogens with zero attached hydrogens (tertiary/aromatic N) is 2. The van der Waals surface area contributed by atoms with E-state index in [0.717, 1.165) is 12.1 Å². The lowest BCUT2D eigenvalue weighted by molar-refractivity contribution is -0.394. The number of hydrogen-bond donors (Lipinski definition) is 2. The molecule has 9 heteroatoms. The van der Waals surface area contributed by atoms with Crippen LogP contribution in [0.3, 0.4) is 0 Å². The summed E-state index contributed by atoms with van der Waals surface area (Å²) >= 11 is 0. The average molecular weight is 215 g/mol. The predicted molar refractivity (Wildman–Crippen MR) is 47.5 cm³/mol. The van der Waals surface area contributed by atoms with E-state index in [1.807, 2.05) is 0 Å². The summed E-state index contributed by atoms with van der Waals surface area (Å²) in [5, 5.41) is 29.3. The van der Waals surface area contributed by atoms with E-state index >= 15 is 0 Å². The Morgan fingerprint density at radius 2 is 1.67 bits per heavy atom. The van der Waals surface area contributed by atoms with Crippen molar-refractivity contribution in [2.24, 2.45) is 0 Å². The van der Waals surface area contributed by atoms with E-state index in [4.69, 9.17) is 10.0 Å². The van der Waals surface area contributed by atoms with Gasteiger partial charge in [0.2, 0.25) is 0 Å². The van der Waals surface area contributed by atoms with Crippen LogP contribution < -0.4 is 0 Å². The third kappa shape index (κ3) is 2.99. The summed E-state index contributed by atoms with van der Waals surface area (Å²) in [4.78, 5) is 26.2. The molecule has 1 rings (SSSR count). The molecule has 0 unspecified atom stereocenters. The third-order valence-corrected chi connectivity index (χ3v) is 1.37. The number of nitro benzene ring substituents is 2. The molecule has 0 aliphatic carbocycles. The highest BCUT2D eigenvalue weighted by Crippen LogP contribution is 2.29. The Balaban J connectivity index is 0.000000921. The zero-order chi connectivity index (χ0) is 12.0. The van der Waals surface area contributed by atoms with E-state index in [2.05, 4.69) is 5.59 Å². The van der Waals surface area contributed by atoms with Gasteiger partial charge in [0.25, 0.3) is 5.69 Å². The molecule has 0 fully saturated rings. The Kier molecular flexibility index (Phi) is 4.32. The molecule has 2 N–H and O–H groups in total. The molecule has 1 aromatic rings. The monoisotopic (exact) mass is 215 g/mol. The summed E-state index contributed by atoms with van der Waals surface area (Å²) < 4.78 is 0. The minimum absolute atomic E-state index is 0.426. The van der Waals surface area contributed by atoms with Crippen LogP contribution in [0.5, 0.6) is 5.75 Å². The Labute approximate surface area is 82.0 Å². The zero-order valence-corrected chi connectivity index (χ0v) is 7.11. The van der Waals surface area contributed by atoms with Gasteiger partial charge < -0.3 is 5.11 Å². The van der Waals surface area contributed by atoms with Crippen LogP contribution in [0.25, 0.3) is 0 Å². The lowest BCUT2D eigenvalue weighted by Gasteiger charge is -1.94. The van der Waals surface area contributed by atoms with Crippen molar-refractivity contribution in [1.29, 1.82) is 5.59 Å². The van der Waals surface area contributed by atoms with Crippen LogP contribution in [0.4, 0.5) is 11.4 Å². The molecule has 9 nitrogen and oxygen atoms in total. The van der Waals surface area contributed by atoms with Crippen LogP contribution in [0.1, 0.15) is 0 Å². The van der Waals surface area contributed by atoms with Gasteiger partial charge in [-0.2, -0.15) is 4.91 Å². The molecule has 0 radical (unpaired) electrons. The van der Waals surface area contributed by atoms with Crippen molar-refractivity contribution in [3.05, 3.63) is 43.3 Å². The lowest BCUT2D eigenvalue weighted by Crippen LogP contribution is -1.92. The number of phenolic OH excluding ortho intramolecular Hbond substituents is 1. The van der Waals surface area contributed by atoms with Crippen molar-refractivity contribution >= 4 is 11.4 Å². The quantitative estimate of drug-likeness (QED) is 0.434. The van der Waals surface area contributed by atoms with Crippen LogP contribution in [0.15, 0.2) is 18.2 Å². The summed E-state index contributed by atoms with van der Waals surface area (Å²) in [6.45, 7) is 0. The van der Waals surface area contributed by atoms with Crippen molar-refractivity contribution in [1.82, 2.24) is 0 Å². The first-order chi connectivity index (χ1) is 7.02. The van der Waals surface area contributed by atoms with E-state index in [-0.39, 0.29) is 0 Å². The number of aromatic hydroxyl groups is 1. The summed E-state index contributed by atoms with van der Waals surface area (Å²) in [5.41, 5.74) is 3.40.